The molecule has 2 N–H and O–H groups in total. The van der Waals surface area contributed by atoms with E-state index in [9.17, 15) is 29.1 Å². The summed E-state index contributed by atoms with van der Waals surface area (Å²) in [7, 11) is 0. The summed E-state index contributed by atoms with van der Waals surface area (Å²) < 4.78 is 11.2. The smallest absolute Gasteiger partial charge is 0.360 e. The van der Waals surface area contributed by atoms with Gasteiger partial charge in [0, 0.05) is 42.9 Å². The number of aliphatic carboxylic acids is 1. The average Bonchev–Trinajstić information content (AvgIpc) is 3.86. The lowest BCUT2D eigenvalue weighted by molar-refractivity contribution is -0.192. The SMILES string of the molecule is Cc1nc(/C(=N/OC2(C(=O)OC(C)(C)C)CCC(C)(C)CC2)C(=O)C[C@H]2CONC2=O)cs1.Cc1nc(/C(=N/OC2(C(=O)OC(C)(C)C)CCC(C)(C)CC2)C(=O)O)cs1. The van der Waals surface area contributed by atoms with Crippen molar-refractivity contribution in [1.82, 2.24) is 15.4 Å². The molecular weight excluding hydrogens is 815 g/mol. The van der Waals surface area contributed by atoms with E-state index in [-0.39, 0.29) is 46.9 Å². The number of nitrogens with zero attached hydrogens (tertiary/aromatic N) is 4. The number of thiazole rings is 2. The van der Waals surface area contributed by atoms with Gasteiger partial charge in [-0.15, -0.1) is 22.7 Å². The van der Waals surface area contributed by atoms with Gasteiger partial charge in [0.1, 0.15) is 22.6 Å². The Balaban J connectivity index is 0.000000270. The van der Waals surface area contributed by atoms with Crippen LogP contribution in [0.4, 0.5) is 0 Å². The van der Waals surface area contributed by atoms with E-state index in [0.29, 0.717) is 31.4 Å². The zero-order valence-corrected chi connectivity index (χ0v) is 38.6. The second-order valence-corrected chi connectivity index (χ2v) is 21.4. The number of carbonyl (C=O) groups excluding carboxylic acids is 4. The molecule has 0 aromatic carbocycles. The van der Waals surface area contributed by atoms with Gasteiger partial charge in [0.2, 0.25) is 22.8 Å². The fourth-order valence-electron chi connectivity index (χ4n) is 6.56. The third-order valence-electron chi connectivity index (χ3n) is 10.4. The van der Waals surface area contributed by atoms with Gasteiger partial charge in [0.05, 0.1) is 22.5 Å². The van der Waals surface area contributed by atoms with Crippen LogP contribution in [0.15, 0.2) is 21.1 Å². The second kappa shape index (κ2) is 18.8. The van der Waals surface area contributed by atoms with Gasteiger partial charge in [-0.2, -0.15) is 0 Å². The maximum Gasteiger partial charge on any atom is 0.360 e. The number of hydrogen-bond donors (Lipinski definition) is 2. The van der Waals surface area contributed by atoms with Gasteiger partial charge in [-0.3, -0.25) is 14.4 Å². The molecule has 2 aromatic heterocycles. The van der Waals surface area contributed by atoms with Crippen LogP contribution in [-0.2, 0) is 48.0 Å². The van der Waals surface area contributed by atoms with Gasteiger partial charge in [0.25, 0.3) is 0 Å². The minimum Gasteiger partial charge on any atom is -0.476 e. The molecule has 1 amide bonds. The number of carbonyl (C=O) groups is 5. The number of oxime groups is 2. The topological polar surface area (TPSA) is 214 Å². The lowest BCUT2D eigenvalue weighted by Gasteiger charge is -2.40. The average molecular weight is 876 g/mol. The summed E-state index contributed by atoms with van der Waals surface area (Å²) in [6.45, 7) is 23.0. The summed E-state index contributed by atoms with van der Waals surface area (Å²) in [5.41, 5.74) is -1.26. The minimum absolute atomic E-state index is 0.00758. The molecule has 2 aliphatic carbocycles. The fourth-order valence-corrected chi connectivity index (χ4v) is 7.75. The number of hydrogen-bond acceptors (Lipinski definition) is 16. The highest BCUT2D eigenvalue weighted by atomic mass is 32.1. The maximum absolute atomic E-state index is 13.2. The molecule has 3 fully saturated rings. The minimum atomic E-state index is -1.28. The molecule has 1 saturated heterocycles. The predicted molar refractivity (Wildman–Crippen MR) is 225 cm³/mol. The van der Waals surface area contributed by atoms with Gasteiger partial charge in [-0.1, -0.05) is 38.0 Å². The van der Waals surface area contributed by atoms with E-state index in [1.165, 1.54) is 22.7 Å². The first kappa shape index (κ1) is 48.4. The Morgan fingerprint density at radius 1 is 0.750 bits per heavy atom. The van der Waals surface area contributed by atoms with Crippen molar-refractivity contribution in [2.24, 2.45) is 27.1 Å². The number of aryl methyl sites for hydroxylation is 2. The Bertz CT molecular complexity index is 1950. The summed E-state index contributed by atoms with van der Waals surface area (Å²) >= 11 is 2.69. The highest BCUT2D eigenvalue weighted by Crippen LogP contribution is 2.45. The Labute approximate surface area is 360 Å². The van der Waals surface area contributed by atoms with E-state index < -0.39 is 52.0 Å². The van der Waals surface area contributed by atoms with Crippen molar-refractivity contribution in [2.75, 3.05) is 6.61 Å². The third-order valence-corrected chi connectivity index (χ3v) is 12.0. The van der Waals surface area contributed by atoms with E-state index in [1.807, 2.05) is 6.92 Å². The van der Waals surface area contributed by atoms with Gasteiger partial charge >= 0.3 is 17.9 Å². The summed E-state index contributed by atoms with van der Waals surface area (Å²) in [6.07, 6.45) is 4.59. The molecule has 16 nitrogen and oxygen atoms in total. The van der Waals surface area contributed by atoms with Crippen molar-refractivity contribution in [1.29, 1.82) is 0 Å². The molecular formula is C42H61N5O11S2. The van der Waals surface area contributed by atoms with Crippen molar-refractivity contribution >= 4 is 63.7 Å². The molecule has 3 heterocycles. The molecule has 2 saturated carbocycles. The van der Waals surface area contributed by atoms with Crippen molar-refractivity contribution in [3.05, 3.63) is 32.2 Å². The largest absolute Gasteiger partial charge is 0.476 e. The molecule has 1 aliphatic heterocycles. The molecule has 0 bridgehead atoms. The molecule has 0 unspecified atom stereocenters. The first-order valence-electron chi connectivity index (χ1n) is 20.2. The number of esters is 2. The molecule has 0 radical (unpaired) electrons. The predicted octanol–water partition coefficient (Wildman–Crippen LogP) is 7.43. The summed E-state index contributed by atoms with van der Waals surface area (Å²) in [4.78, 5) is 87.8. The maximum atomic E-state index is 13.2. The van der Waals surface area contributed by atoms with Gasteiger partial charge < -0.3 is 24.3 Å². The van der Waals surface area contributed by atoms with E-state index in [2.05, 4.69) is 53.5 Å². The molecule has 3 aliphatic rings. The van der Waals surface area contributed by atoms with Crippen LogP contribution in [-0.4, -0.2) is 85.1 Å². The first-order chi connectivity index (χ1) is 27.6. The molecule has 2 aromatic rings. The molecule has 60 heavy (non-hydrogen) atoms. The number of amides is 1. The normalized spacial score (nSPS) is 21.1. The van der Waals surface area contributed by atoms with Crippen molar-refractivity contribution in [3.8, 4) is 0 Å². The van der Waals surface area contributed by atoms with E-state index in [4.69, 9.17) is 24.0 Å². The highest BCUT2D eigenvalue weighted by Gasteiger charge is 2.51. The number of ketones is 1. The summed E-state index contributed by atoms with van der Waals surface area (Å²) in [5.74, 6) is -3.61. The summed E-state index contributed by atoms with van der Waals surface area (Å²) in [6, 6.07) is 0. The Kier molecular flexibility index (Phi) is 15.1. The van der Waals surface area contributed by atoms with E-state index in [0.717, 1.165) is 35.7 Å². The number of aromatic nitrogens is 2. The number of rotatable bonds is 12. The lowest BCUT2D eigenvalue weighted by atomic mass is 9.71. The Morgan fingerprint density at radius 3 is 1.48 bits per heavy atom. The van der Waals surface area contributed by atoms with E-state index in [1.54, 1.807) is 59.2 Å². The van der Waals surface area contributed by atoms with Crippen LogP contribution in [0.2, 0.25) is 0 Å². The van der Waals surface area contributed by atoms with Gasteiger partial charge in [-0.05, 0) is 91.9 Å². The second-order valence-electron chi connectivity index (χ2n) is 19.3. The number of ether oxygens (including phenoxy) is 2. The van der Waals surface area contributed by atoms with E-state index >= 15 is 0 Å². The standard InChI is InChI=1S/C23H33N3O6S.C19H28N2O5S/c1-14-24-16(13-33-14)18(17(27)11-15-12-30-26-19(15)28)25-32-23(20(29)31-21(2,3)4)9-7-22(5,6)8-10-23;1-12-20-13(11-27-12)14(15(22)23)21-26-19(16(24)25-17(2,3)4)9-7-18(5,6)8-10-19/h13,15H,7-12H2,1-6H3,(H,26,28);11H,7-10H2,1-6H3,(H,22,23)/b25-18-;21-14-/t15-;/m0./s1. The fraction of sp³-hybridized carbons (Fsp3) is 0.690. The Hall–Kier alpha value is -4.29. The van der Waals surface area contributed by atoms with Crippen LogP contribution in [0.25, 0.3) is 0 Å². The van der Waals surface area contributed by atoms with Crippen molar-refractivity contribution in [3.63, 3.8) is 0 Å². The van der Waals surface area contributed by atoms with Crippen molar-refractivity contribution in [2.45, 2.75) is 163 Å². The van der Waals surface area contributed by atoms with Crippen LogP contribution in [0.1, 0.15) is 148 Å². The van der Waals surface area contributed by atoms with Crippen LogP contribution in [0.3, 0.4) is 0 Å². The lowest BCUT2D eigenvalue weighted by Crippen LogP contribution is -2.48. The third kappa shape index (κ3) is 13.4. The molecule has 5 rings (SSSR count). The van der Waals surface area contributed by atoms with Gasteiger partial charge in [0.15, 0.2) is 11.5 Å². The van der Waals surface area contributed by atoms with Gasteiger partial charge in [-0.25, -0.2) is 29.8 Å². The molecule has 332 valence electrons. The molecule has 0 spiro atoms. The number of Topliss-reactive ketones (excluding diaryl/α,β-unsaturated/α-hetero) is 1. The highest BCUT2D eigenvalue weighted by molar-refractivity contribution is 7.10. The zero-order chi connectivity index (χ0) is 44.9. The monoisotopic (exact) mass is 875 g/mol. The molecule has 18 heteroatoms. The quantitative estimate of drug-likeness (QED) is 0.121. The number of hydroxylamine groups is 1. The van der Waals surface area contributed by atoms with Crippen LogP contribution >= 0.6 is 22.7 Å². The van der Waals surface area contributed by atoms with Crippen LogP contribution in [0.5, 0.6) is 0 Å². The number of carboxylic acid groups (broad SMARTS) is 1. The van der Waals surface area contributed by atoms with Crippen LogP contribution in [0, 0.1) is 30.6 Å². The Morgan fingerprint density at radius 2 is 1.15 bits per heavy atom. The number of nitrogens with one attached hydrogen (secondary N) is 1. The summed E-state index contributed by atoms with van der Waals surface area (Å²) in [5, 5.41) is 22.4. The molecule has 1 atom stereocenters. The zero-order valence-electron chi connectivity index (χ0n) is 36.9. The first-order valence-corrected chi connectivity index (χ1v) is 21.9. The van der Waals surface area contributed by atoms with Crippen molar-refractivity contribution < 1.29 is 53.1 Å². The number of carboxylic acids is 1. The van der Waals surface area contributed by atoms with Crippen LogP contribution < -0.4 is 5.48 Å².